The Morgan fingerprint density at radius 1 is 1.00 bits per heavy atom. The van der Waals surface area contributed by atoms with Crippen molar-refractivity contribution in [1.82, 2.24) is 5.32 Å². The summed E-state index contributed by atoms with van der Waals surface area (Å²) in [6.07, 6.45) is 0.608. The highest BCUT2D eigenvalue weighted by molar-refractivity contribution is 9.10. The van der Waals surface area contributed by atoms with Gasteiger partial charge in [0.25, 0.3) is 0 Å². The summed E-state index contributed by atoms with van der Waals surface area (Å²) in [5, 5.41) is 3.36. The summed E-state index contributed by atoms with van der Waals surface area (Å²) in [5.74, 6) is -0.547. The molecule has 1 N–H and O–H groups in total. The Balaban J connectivity index is 2.32. The molecule has 0 saturated heterocycles. The maximum absolute atomic E-state index is 13.4. The molecule has 0 aliphatic rings. The smallest absolute Gasteiger partial charge is 0.124 e. The average molecular weight is 419 g/mol. The second kappa shape index (κ2) is 7.47. The van der Waals surface area contributed by atoms with E-state index in [1.54, 1.807) is 12.1 Å². The van der Waals surface area contributed by atoms with Crippen LogP contribution in [0.3, 0.4) is 0 Å². The van der Waals surface area contributed by atoms with Crippen molar-refractivity contribution in [2.45, 2.75) is 19.4 Å². The number of nitrogens with one attached hydrogen (secondary N) is 1. The van der Waals surface area contributed by atoms with Gasteiger partial charge in [0.2, 0.25) is 0 Å². The highest BCUT2D eigenvalue weighted by Crippen LogP contribution is 2.29. The van der Waals surface area contributed by atoms with Crippen LogP contribution in [0.1, 0.15) is 24.1 Å². The highest BCUT2D eigenvalue weighted by atomic mass is 79.9. The van der Waals surface area contributed by atoms with Gasteiger partial charge in [-0.05, 0) is 54.4 Å². The van der Waals surface area contributed by atoms with Crippen molar-refractivity contribution in [2.75, 3.05) is 6.54 Å². The molecule has 0 fully saturated rings. The molecule has 5 heteroatoms. The molecular weight excluding hydrogens is 404 g/mol. The molecule has 0 spiro atoms. The lowest BCUT2D eigenvalue weighted by Crippen LogP contribution is -2.23. The first-order chi connectivity index (χ1) is 10.0. The minimum absolute atomic E-state index is 0.0249. The number of rotatable bonds is 5. The number of halogens is 4. The molecule has 0 heterocycles. The van der Waals surface area contributed by atoms with E-state index < -0.39 is 0 Å². The molecule has 0 aromatic heterocycles. The molecule has 0 bridgehead atoms. The minimum Gasteiger partial charge on any atom is -0.310 e. The fraction of sp³-hybridized carbons (Fsp3) is 0.250. The van der Waals surface area contributed by atoms with E-state index in [1.807, 2.05) is 6.92 Å². The third kappa shape index (κ3) is 4.34. The molecule has 1 atom stereocenters. The summed E-state index contributed by atoms with van der Waals surface area (Å²) in [7, 11) is 0. The molecule has 0 saturated carbocycles. The van der Waals surface area contributed by atoms with Crippen molar-refractivity contribution in [3.8, 4) is 0 Å². The molecule has 1 nitrogen and oxygen atoms in total. The lowest BCUT2D eigenvalue weighted by Gasteiger charge is -2.20. The van der Waals surface area contributed by atoms with Gasteiger partial charge in [-0.2, -0.15) is 0 Å². The van der Waals surface area contributed by atoms with Gasteiger partial charge in [-0.1, -0.05) is 44.8 Å². The van der Waals surface area contributed by atoms with E-state index >= 15 is 0 Å². The monoisotopic (exact) mass is 417 g/mol. The SMILES string of the molecule is CCNC(Cc1cc(F)ccc1Br)c1ccc(F)cc1Br. The Bertz CT molecular complexity index is 632. The van der Waals surface area contributed by atoms with E-state index in [0.717, 1.165) is 22.1 Å². The van der Waals surface area contributed by atoms with Crippen molar-refractivity contribution in [3.63, 3.8) is 0 Å². The number of hydrogen-bond acceptors (Lipinski definition) is 1. The van der Waals surface area contributed by atoms with Crippen molar-refractivity contribution in [1.29, 1.82) is 0 Å². The van der Waals surface area contributed by atoms with Gasteiger partial charge in [0.1, 0.15) is 11.6 Å². The van der Waals surface area contributed by atoms with E-state index in [-0.39, 0.29) is 17.7 Å². The zero-order valence-electron chi connectivity index (χ0n) is 11.5. The molecule has 2 rings (SSSR count). The van der Waals surface area contributed by atoms with Crippen LogP contribution in [0, 0.1) is 11.6 Å². The van der Waals surface area contributed by atoms with Gasteiger partial charge >= 0.3 is 0 Å². The van der Waals surface area contributed by atoms with Crippen LogP contribution in [0.2, 0.25) is 0 Å². The number of likely N-dealkylation sites (N-methyl/N-ethyl adjacent to an activating group) is 1. The molecule has 1 unspecified atom stereocenters. The van der Waals surface area contributed by atoms with Crippen molar-refractivity contribution in [2.24, 2.45) is 0 Å². The van der Waals surface area contributed by atoms with Crippen molar-refractivity contribution in [3.05, 3.63) is 68.1 Å². The quantitative estimate of drug-likeness (QED) is 0.686. The summed E-state index contributed by atoms with van der Waals surface area (Å²) in [5.41, 5.74) is 1.83. The molecule has 2 aromatic rings. The Labute approximate surface area is 140 Å². The van der Waals surface area contributed by atoms with E-state index in [2.05, 4.69) is 37.2 Å². The zero-order chi connectivity index (χ0) is 15.4. The van der Waals surface area contributed by atoms with Gasteiger partial charge in [0, 0.05) is 15.0 Å². The predicted molar refractivity (Wildman–Crippen MR) is 88.3 cm³/mol. The van der Waals surface area contributed by atoms with Crippen molar-refractivity contribution >= 4 is 31.9 Å². The largest absolute Gasteiger partial charge is 0.310 e. The second-order valence-electron chi connectivity index (χ2n) is 4.72. The van der Waals surface area contributed by atoms with Crippen LogP contribution in [0.5, 0.6) is 0 Å². The van der Waals surface area contributed by atoms with E-state index in [4.69, 9.17) is 0 Å². The van der Waals surface area contributed by atoms with Gasteiger partial charge < -0.3 is 5.32 Å². The normalized spacial score (nSPS) is 12.4. The Morgan fingerprint density at radius 2 is 1.67 bits per heavy atom. The maximum atomic E-state index is 13.4. The van der Waals surface area contributed by atoms with E-state index in [9.17, 15) is 8.78 Å². The lowest BCUT2D eigenvalue weighted by molar-refractivity contribution is 0.541. The summed E-state index contributed by atoms with van der Waals surface area (Å²) in [4.78, 5) is 0. The minimum atomic E-state index is -0.284. The van der Waals surface area contributed by atoms with Crippen LogP contribution in [-0.4, -0.2) is 6.54 Å². The lowest BCUT2D eigenvalue weighted by atomic mass is 9.98. The molecule has 112 valence electrons. The molecule has 0 radical (unpaired) electrons. The molecule has 2 aromatic carbocycles. The zero-order valence-corrected chi connectivity index (χ0v) is 14.6. The van der Waals surface area contributed by atoms with Gasteiger partial charge in [-0.3, -0.25) is 0 Å². The first kappa shape index (κ1) is 16.6. The first-order valence-corrected chi connectivity index (χ1v) is 8.22. The summed E-state index contributed by atoms with van der Waals surface area (Å²) >= 11 is 6.84. The van der Waals surface area contributed by atoms with E-state index in [1.165, 1.54) is 24.3 Å². The molecule has 0 aliphatic heterocycles. The Morgan fingerprint density at radius 3 is 2.33 bits per heavy atom. The fourth-order valence-electron chi connectivity index (χ4n) is 2.24. The molecule has 21 heavy (non-hydrogen) atoms. The van der Waals surface area contributed by atoms with Crippen LogP contribution in [0.15, 0.2) is 45.3 Å². The van der Waals surface area contributed by atoms with Crippen LogP contribution < -0.4 is 5.32 Å². The Kier molecular flexibility index (Phi) is 5.90. The van der Waals surface area contributed by atoms with E-state index in [0.29, 0.717) is 10.9 Å². The third-order valence-corrected chi connectivity index (χ3v) is 4.68. The number of hydrogen-bond donors (Lipinski definition) is 1. The fourth-order valence-corrected chi connectivity index (χ4v) is 3.28. The predicted octanol–water partition coefficient (Wildman–Crippen LogP) is 5.38. The number of benzene rings is 2. The third-order valence-electron chi connectivity index (χ3n) is 3.22. The van der Waals surface area contributed by atoms with Gasteiger partial charge in [-0.25, -0.2) is 8.78 Å². The molecular formula is C16H15Br2F2N. The Hall–Kier alpha value is -0.780. The maximum Gasteiger partial charge on any atom is 0.124 e. The summed E-state index contributed by atoms with van der Waals surface area (Å²) in [6, 6.07) is 9.25. The van der Waals surface area contributed by atoms with Crippen LogP contribution in [0.25, 0.3) is 0 Å². The molecule has 0 amide bonds. The highest BCUT2D eigenvalue weighted by Gasteiger charge is 2.16. The van der Waals surface area contributed by atoms with Crippen LogP contribution >= 0.6 is 31.9 Å². The van der Waals surface area contributed by atoms with Gasteiger partial charge in [-0.15, -0.1) is 0 Å². The van der Waals surface area contributed by atoms with Gasteiger partial charge in [0.05, 0.1) is 0 Å². The topological polar surface area (TPSA) is 12.0 Å². The first-order valence-electron chi connectivity index (χ1n) is 6.63. The summed E-state index contributed by atoms with van der Waals surface area (Å²) in [6.45, 7) is 2.77. The average Bonchev–Trinajstić information content (AvgIpc) is 2.42. The van der Waals surface area contributed by atoms with Crippen LogP contribution in [-0.2, 0) is 6.42 Å². The van der Waals surface area contributed by atoms with Crippen molar-refractivity contribution < 1.29 is 8.78 Å². The standard InChI is InChI=1S/C16H15Br2F2N/c1-2-21-16(13-5-3-12(20)9-15(13)18)8-10-7-11(19)4-6-14(10)17/h3-7,9,16,21H,2,8H2,1H3. The van der Waals surface area contributed by atoms with Crippen LogP contribution in [0.4, 0.5) is 8.78 Å². The van der Waals surface area contributed by atoms with Gasteiger partial charge in [0.15, 0.2) is 0 Å². The second-order valence-corrected chi connectivity index (χ2v) is 6.42. The summed E-state index contributed by atoms with van der Waals surface area (Å²) < 4.78 is 28.2. The molecule has 0 aliphatic carbocycles.